The van der Waals surface area contributed by atoms with E-state index in [1.165, 1.54) is 4.90 Å². The molecule has 9 heteroatoms. The maximum absolute atomic E-state index is 13.0. The van der Waals surface area contributed by atoms with Crippen LogP contribution in [-0.2, 0) is 0 Å². The molecule has 3 rings (SSSR count). The van der Waals surface area contributed by atoms with Crippen LogP contribution in [0.25, 0.3) is 0 Å². The van der Waals surface area contributed by atoms with Gasteiger partial charge in [-0.05, 0) is 64.8 Å². The molecular formula is C22H21BrN4O4. The number of benzene rings is 2. The number of nitrogens with one attached hydrogen (secondary N) is 2. The molecule has 0 bridgehead atoms. The molecule has 8 nitrogen and oxygen atoms in total. The molecule has 0 radical (unpaired) electrons. The van der Waals surface area contributed by atoms with Crippen molar-refractivity contribution in [2.75, 3.05) is 17.3 Å². The van der Waals surface area contributed by atoms with E-state index in [1.807, 2.05) is 6.92 Å². The molecule has 4 amide bonds. The van der Waals surface area contributed by atoms with Gasteiger partial charge in [0.25, 0.3) is 11.8 Å². The lowest BCUT2D eigenvalue weighted by Gasteiger charge is -2.21. The third-order valence-corrected chi connectivity index (χ3v) is 5.05. The molecular weight excluding hydrogens is 464 g/mol. The van der Waals surface area contributed by atoms with Crippen LogP contribution >= 0.6 is 15.9 Å². The third-order valence-electron chi connectivity index (χ3n) is 4.62. The van der Waals surface area contributed by atoms with Crippen LogP contribution < -0.4 is 21.3 Å². The Labute approximate surface area is 187 Å². The van der Waals surface area contributed by atoms with E-state index in [0.717, 1.165) is 5.56 Å². The largest absolute Gasteiger partial charge is 0.444 e. The zero-order valence-electron chi connectivity index (χ0n) is 16.9. The molecule has 1 heterocycles. The highest BCUT2D eigenvalue weighted by atomic mass is 79.9. The molecule has 0 fully saturated rings. The Bertz CT molecular complexity index is 1110. The first-order valence-electron chi connectivity index (χ1n) is 9.36. The summed E-state index contributed by atoms with van der Waals surface area (Å²) in [4.78, 5) is 38.0. The van der Waals surface area contributed by atoms with Gasteiger partial charge in [-0.2, -0.15) is 0 Å². The predicted molar refractivity (Wildman–Crippen MR) is 121 cm³/mol. The van der Waals surface area contributed by atoms with Gasteiger partial charge in [0.05, 0.1) is 17.3 Å². The summed E-state index contributed by atoms with van der Waals surface area (Å²) in [6, 6.07) is 16.0. The number of rotatable bonds is 6. The number of anilines is 2. The minimum absolute atomic E-state index is 0.155. The zero-order valence-corrected chi connectivity index (χ0v) is 18.5. The summed E-state index contributed by atoms with van der Waals surface area (Å²) < 4.78 is 5.78. The Morgan fingerprint density at radius 1 is 1.03 bits per heavy atom. The number of carbonyl (C=O) groups excluding carboxylic acids is 3. The molecule has 0 aliphatic heterocycles. The quantitative estimate of drug-likeness (QED) is 0.483. The monoisotopic (exact) mass is 484 g/mol. The Kier molecular flexibility index (Phi) is 6.76. The van der Waals surface area contributed by atoms with Crippen molar-refractivity contribution < 1.29 is 18.8 Å². The van der Waals surface area contributed by atoms with Gasteiger partial charge in [0.2, 0.25) is 0 Å². The van der Waals surface area contributed by atoms with Crippen LogP contribution in [0, 0.1) is 0 Å². The fraction of sp³-hybridized carbons (Fsp3) is 0.136. The second kappa shape index (κ2) is 9.48. The number of furan rings is 1. The molecule has 1 unspecified atom stereocenters. The highest BCUT2D eigenvalue weighted by molar-refractivity contribution is 9.10. The first kappa shape index (κ1) is 22.1. The minimum Gasteiger partial charge on any atom is -0.444 e. The van der Waals surface area contributed by atoms with Gasteiger partial charge in [0.1, 0.15) is 0 Å². The van der Waals surface area contributed by atoms with Gasteiger partial charge in [-0.3, -0.25) is 9.59 Å². The van der Waals surface area contributed by atoms with Crippen LogP contribution in [0.3, 0.4) is 0 Å². The van der Waals surface area contributed by atoms with E-state index in [-0.39, 0.29) is 23.6 Å². The summed E-state index contributed by atoms with van der Waals surface area (Å²) in [7, 11) is 1.58. The Hall–Kier alpha value is -3.59. The molecule has 4 N–H and O–H groups in total. The van der Waals surface area contributed by atoms with E-state index in [1.54, 1.807) is 67.7 Å². The van der Waals surface area contributed by atoms with E-state index in [4.69, 9.17) is 10.2 Å². The fourth-order valence-electron chi connectivity index (χ4n) is 3.02. The first-order chi connectivity index (χ1) is 14.8. The maximum Gasteiger partial charge on any atom is 0.316 e. The number of halogens is 1. The van der Waals surface area contributed by atoms with E-state index >= 15 is 0 Å². The van der Waals surface area contributed by atoms with Crippen molar-refractivity contribution in [1.29, 1.82) is 0 Å². The molecule has 3 aromatic rings. The van der Waals surface area contributed by atoms with Gasteiger partial charge in [-0.1, -0.05) is 24.3 Å². The van der Waals surface area contributed by atoms with Crippen LogP contribution in [0.2, 0.25) is 0 Å². The molecule has 31 heavy (non-hydrogen) atoms. The molecule has 1 atom stereocenters. The number of nitrogens with zero attached hydrogens (tertiary/aromatic N) is 1. The number of para-hydroxylation sites is 1. The maximum atomic E-state index is 13.0. The molecule has 0 aliphatic rings. The number of urea groups is 1. The van der Waals surface area contributed by atoms with Crippen molar-refractivity contribution in [3.05, 3.63) is 82.2 Å². The highest BCUT2D eigenvalue weighted by Crippen LogP contribution is 2.24. The normalized spacial score (nSPS) is 11.5. The Morgan fingerprint density at radius 2 is 1.71 bits per heavy atom. The molecule has 0 saturated carbocycles. The van der Waals surface area contributed by atoms with Crippen molar-refractivity contribution in [3.63, 3.8) is 0 Å². The van der Waals surface area contributed by atoms with Crippen LogP contribution in [0.15, 0.2) is 69.8 Å². The number of hydrogen-bond donors (Lipinski definition) is 3. The lowest BCUT2D eigenvalue weighted by molar-refractivity contribution is 0.0940. The minimum atomic E-state index is -0.647. The third kappa shape index (κ3) is 5.32. The average molecular weight is 485 g/mol. The molecule has 0 aliphatic carbocycles. The summed E-state index contributed by atoms with van der Waals surface area (Å²) >= 11 is 3.18. The van der Waals surface area contributed by atoms with Crippen molar-refractivity contribution >= 4 is 45.2 Å². The van der Waals surface area contributed by atoms with Gasteiger partial charge in [0.15, 0.2) is 10.4 Å². The molecule has 160 valence electrons. The van der Waals surface area contributed by atoms with Crippen LogP contribution in [-0.4, -0.2) is 24.9 Å². The van der Waals surface area contributed by atoms with E-state index in [0.29, 0.717) is 21.6 Å². The van der Waals surface area contributed by atoms with E-state index in [9.17, 15) is 14.4 Å². The lowest BCUT2D eigenvalue weighted by atomic mass is 10.1. The number of hydrogen-bond acceptors (Lipinski definition) is 4. The zero-order chi connectivity index (χ0) is 22.5. The summed E-state index contributed by atoms with van der Waals surface area (Å²) in [6.07, 6.45) is 0. The second-order valence-corrected chi connectivity index (χ2v) is 7.57. The lowest BCUT2D eigenvalue weighted by Crippen LogP contribution is -2.31. The fourth-order valence-corrected chi connectivity index (χ4v) is 3.32. The van der Waals surface area contributed by atoms with Gasteiger partial charge in [-0.15, -0.1) is 0 Å². The molecule has 1 aromatic heterocycles. The van der Waals surface area contributed by atoms with Gasteiger partial charge in [-0.25, -0.2) is 4.79 Å². The first-order valence-corrected chi connectivity index (χ1v) is 10.1. The summed E-state index contributed by atoms with van der Waals surface area (Å²) in [5.41, 5.74) is 7.31. The Balaban J connectivity index is 1.76. The van der Waals surface area contributed by atoms with Crippen LogP contribution in [0.4, 0.5) is 16.2 Å². The summed E-state index contributed by atoms with van der Waals surface area (Å²) in [5.74, 6) is -0.554. The van der Waals surface area contributed by atoms with E-state index in [2.05, 4.69) is 26.6 Å². The number of primary amides is 1. The average Bonchev–Trinajstić information content (AvgIpc) is 3.19. The topological polar surface area (TPSA) is 118 Å². The van der Waals surface area contributed by atoms with Crippen LogP contribution in [0.5, 0.6) is 0 Å². The standard InChI is InChI=1S/C22H21BrN4O4/c1-13(14-7-9-15(10-8-14)26-22(24)30)25-20(28)16-5-3-4-6-17(16)27(2)21(29)18-11-12-19(23)31-18/h3-13H,1-2H3,(H,25,28)(H3,24,26,30). The summed E-state index contributed by atoms with van der Waals surface area (Å²) in [6.45, 7) is 1.84. The Morgan fingerprint density at radius 3 is 2.32 bits per heavy atom. The summed E-state index contributed by atoms with van der Waals surface area (Å²) in [5, 5.41) is 5.42. The van der Waals surface area contributed by atoms with Gasteiger partial charge >= 0.3 is 6.03 Å². The number of carbonyl (C=O) groups is 3. The predicted octanol–water partition coefficient (Wildman–Crippen LogP) is 4.30. The molecule has 0 spiro atoms. The second-order valence-electron chi connectivity index (χ2n) is 6.79. The van der Waals surface area contributed by atoms with Crippen molar-refractivity contribution in [1.82, 2.24) is 5.32 Å². The molecule has 2 aromatic carbocycles. The van der Waals surface area contributed by atoms with Gasteiger partial charge < -0.3 is 25.7 Å². The highest BCUT2D eigenvalue weighted by Gasteiger charge is 2.22. The smallest absolute Gasteiger partial charge is 0.316 e. The van der Waals surface area contributed by atoms with Crippen molar-refractivity contribution in [3.8, 4) is 0 Å². The van der Waals surface area contributed by atoms with Gasteiger partial charge in [0, 0.05) is 12.7 Å². The number of amides is 4. The van der Waals surface area contributed by atoms with Crippen molar-refractivity contribution in [2.24, 2.45) is 5.73 Å². The molecule has 0 saturated heterocycles. The van der Waals surface area contributed by atoms with Crippen molar-refractivity contribution in [2.45, 2.75) is 13.0 Å². The number of nitrogens with two attached hydrogens (primary N) is 1. The van der Waals surface area contributed by atoms with Crippen LogP contribution in [0.1, 0.15) is 39.4 Å². The van der Waals surface area contributed by atoms with E-state index < -0.39 is 6.03 Å². The SMILES string of the molecule is CC(NC(=O)c1ccccc1N(C)C(=O)c1ccc(Br)o1)c1ccc(NC(N)=O)cc1.